The topological polar surface area (TPSA) is 75.0 Å². The van der Waals surface area contributed by atoms with Crippen LogP contribution in [0.3, 0.4) is 0 Å². The lowest BCUT2D eigenvalue weighted by molar-refractivity contribution is -0.115. The molecule has 6 heteroatoms. The summed E-state index contributed by atoms with van der Waals surface area (Å²) in [7, 11) is 1.82. The average molecular weight is 402 g/mol. The van der Waals surface area contributed by atoms with Crippen molar-refractivity contribution < 1.29 is 9.59 Å². The maximum Gasteiger partial charge on any atom is 0.291 e. The zero-order chi connectivity index (χ0) is 20.9. The van der Waals surface area contributed by atoms with Gasteiger partial charge in [-0.05, 0) is 61.1 Å². The zero-order valence-electron chi connectivity index (χ0n) is 17.3. The first-order chi connectivity index (χ1) is 14.6. The van der Waals surface area contributed by atoms with E-state index in [0.29, 0.717) is 18.5 Å². The molecule has 0 saturated carbocycles. The predicted octanol–water partition coefficient (Wildman–Crippen LogP) is 4.17. The van der Waals surface area contributed by atoms with E-state index in [2.05, 4.69) is 15.2 Å². The average Bonchev–Trinajstić information content (AvgIpc) is 2.80. The second kappa shape index (κ2) is 9.11. The van der Waals surface area contributed by atoms with Gasteiger partial charge in [-0.1, -0.05) is 18.2 Å². The summed E-state index contributed by atoms with van der Waals surface area (Å²) < 4.78 is 0. The van der Waals surface area contributed by atoms with E-state index in [9.17, 15) is 9.59 Å². The van der Waals surface area contributed by atoms with Crippen molar-refractivity contribution in [3.05, 3.63) is 76.6 Å². The molecule has 4 rings (SSSR count). The fourth-order valence-electron chi connectivity index (χ4n) is 4.16. The summed E-state index contributed by atoms with van der Waals surface area (Å²) in [6, 6.07) is 13.4. The molecular formula is C24H26N4O2. The largest absolute Gasteiger partial charge is 0.341 e. The van der Waals surface area contributed by atoms with Crippen LogP contribution in [0.25, 0.3) is 0 Å². The van der Waals surface area contributed by atoms with Crippen LogP contribution in [0.1, 0.15) is 47.3 Å². The number of likely N-dealkylation sites (N-methyl/N-ethyl adjacent to an activating group) is 1. The second-order valence-corrected chi connectivity index (χ2v) is 7.95. The second-order valence-electron chi connectivity index (χ2n) is 7.95. The number of carbonyl (C=O) groups is 2. The number of aromatic nitrogens is 1. The molecule has 30 heavy (non-hydrogen) atoms. The zero-order valence-corrected chi connectivity index (χ0v) is 17.3. The van der Waals surface area contributed by atoms with Gasteiger partial charge >= 0.3 is 0 Å². The predicted molar refractivity (Wildman–Crippen MR) is 114 cm³/mol. The van der Waals surface area contributed by atoms with Gasteiger partial charge in [-0.2, -0.15) is 5.11 Å². The van der Waals surface area contributed by atoms with Crippen LogP contribution in [0, 0.1) is 0 Å². The molecule has 2 amide bonds. The summed E-state index contributed by atoms with van der Waals surface area (Å²) >= 11 is 0. The first-order valence-electron chi connectivity index (χ1n) is 10.5. The van der Waals surface area contributed by atoms with Crippen LogP contribution in [-0.4, -0.2) is 41.3 Å². The summed E-state index contributed by atoms with van der Waals surface area (Å²) in [6.07, 6.45) is 7.01. The molecule has 0 saturated heterocycles. The van der Waals surface area contributed by atoms with Crippen LogP contribution in [0.2, 0.25) is 0 Å². The Kier molecular flexibility index (Phi) is 6.12. The van der Waals surface area contributed by atoms with E-state index < -0.39 is 0 Å². The highest BCUT2D eigenvalue weighted by molar-refractivity contribution is 5.96. The van der Waals surface area contributed by atoms with E-state index in [1.807, 2.05) is 49.5 Å². The van der Waals surface area contributed by atoms with Crippen LogP contribution < -0.4 is 0 Å². The van der Waals surface area contributed by atoms with Gasteiger partial charge in [-0.25, -0.2) is 0 Å². The fourth-order valence-corrected chi connectivity index (χ4v) is 4.16. The molecule has 1 aromatic heterocycles. The minimum absolute atomic E-state index is 0.00852. The maximum absolute atomic E-state index is 12.9. The molecule has 0 fully saturated rings. The third kappa shape index (κ3) is 4.53. The third-order valence-corrected chi connectivity index (χ3v) is 5.84. The molecule has 2 heterocycles. The lowest BCUT2D eigenvalue weighted by Crippen LogP contribution is -2.29. The summed E-state index contributed by atoms with van der Waals surface area (Å²) in [6.45, 7) is 0.606. The minimum atomic E-state index is -0.167. The van der Waals surface area contributed by atoms with E-state index in [-0.39, 0.29) is 17.9 Å². The monoisotopic (exact) mass is 402 g/mol. The van der Waals surface area contributed by atoms with Gasteiger partial charge in [-0.15, -0.1) is 5.11 Å². The van der Waals surface area contributed by atoms with Gasteiger partial charge in [0, 0.05) is 49.5 Å². The molecule has 0 N–H and O–H groups in total. The highest BCUT2D eigenvalue weighted by Gasteiger charge is 2.29. The lowest BCUT2D eigenvalue weighted by atomic mass is 9.84. The van der Waals surface area contributed by atoms with Crippen molar-refractivity contribution in [1.82, 2.24) is 9.88 Å². The molecular weight excluding hydrogens is 376 g/mol. The van der Waals surface area contributed by atoms with Crippen LogP contribution in [-0.2, 0) is 17.6 Å². The number of hydrogen-bond donors (Lipinski definition) is 0. The summed E-state index contributed by atoms with van der Waals surface area (Å²) in [5, 5.41) is 8.16. The van der Waals surface area contributed by atoms with Crippen LogP contribution in [0.4, 0.5) is 0 Å². The first kappa shape index (κ1) is 20.1. The van der Waals surface area contributed by atoms with Crippen molar-refractivity contribution in [3.63, 3.8) is 0 Å². The van der Waals surface area contributed by atoms with Gasteiger partial charge < -0.3 is 4.90 Å². The standard InChI is InChI=1S/C24H26N4O2/c1-28(14-12-19-9-4-5-13-25-19)24(30)18-8-6-7-17(15-18)16-22-20-10-2-3-11-21(20)23(29)27-26-22/h4-9,13,15,22H,2-3,10-12,14,16H2,1H3. The van der Waals surface area contributed by atoms with Crippen molar-refractivity contribution in [1.29, 1.82) is 0 Å². The van der Waals surface area contributed by atoms with Crippen molar-refractivity contribution in [2.75, 3.05) is 13.6 Å². The molecule has 2 aromatic rings. The van der Waals surface area contributed by atoms with Gasteiger partial charge in [0.25, 0.3) is 11.8 Å². The number of hydrogen-bond acceptors (Lipinski definition) is 4. The Morgan fingerprint density at radius 3 is 2.83 bits per heavy atom. The van der Waals surface area contributed by atoms with Crippen LogP contribution in [0.5, 0.6) is 0 Å². The van der Waals surface area contributed by atoms with Gasteiger partial charge in [0.1, 0.15) is 0 Å². The lowest BCUT2D eigenvalue weighted by Gasteiger charge is -2.26. The Labute approximate surface area is 176 Å². The Balaban J connectivity index is 1.43. The number of benzene rings is 1. The van der Waals surface area contributed by atoms with E-state index in [0.717, 1.165) is 54.5 Å². The number of rotatable bonds is 6. The van der Waals surface area contributed by atoms with Crippen molar-refractivity contribution in [2.45, 2.75) is 44.6 Å². The Morgan fingerprint density at radius 2 is 2.00 bits per heavy atom. The fraction of sp³-hybridized carbons (Fsp3) is 0.375. The van der Waals surface area contributed by atoms with Crippen molar-refractivity contribution in [2.24, 2.45) is 10.2 Å². The molecule has 2 aliphatic rings. The Morgan fingerprint density at radius 1 is 1.13 bits per heavy atom. The molecule has 1 aromatic carbocycles. The van der Waals surface area contributed by atoms with E-state index in [1.54, 1.807) is 11.1 Å². The maximum atomic E-state index is 12.9. The van der Waals surface area contributed by atoms with E-state index >= 15 is 0 Å². The van der Waals surface area contributed by atoms with Gasteiger partial charge in [-0.3, -0.25) is 14.6 Å². The Bertz CT molecular complexity index is 997. The van der Waals surface area contributed by atoms with E-state index in [4.69, 9.17) is 0 Å². The quantitative estimate of drug-likeness (QED) is 0.728. The minimum Gasteiger partial charge on any atom is -0.341 e. The Hall–Kier alpha value is -3.15. The number of pyridine rings is 1. The third-order valence-electron chi connectivity index (χ3n) is 5.84. The number of nitrogens with zero attached hydrogens (tertiary/aromatic N) is 4. The number of carbonyl (C=O) groups excluding carboxylic acids is 2. The normalized spacial score (nSPS) is 18.3. The molecule has 154 valence electrons. The number of amides is 2. The first-order valence-corrected chi connectivity index (χ1v) is 10.5. The van der Waals surface area contributed by atoms with Crippen molar-refractivity contribution in [3.8, 4) is 0 Å². The van der Waals surface area contributed by atoms with Crippen molar-refractivity contribution >= 4 is 11.8 Å². The molecule has 0 radical (unpaired) electrons. The molecule has 1 atom stereocenters. The molecule has 0 spiro atoms. The van der Waals surface area contributed by atoms with Gasteiger partial charge in [0.05, 0.1) is 6.04 Å². The summed E-state index contributed by atoms with van der Waals surface area (Å²) in [5.74, 6) is -0.176. The smallest absolute Gasteiger partial charge is 0.291 e. The highest BCUT2D eigenvalue weighted by atomic mass is 16.2. The molecule has 0 bridgehead atoms. The highest BCUT2D eigenvalue weighted by Crippen LogP contribution is 2.33. The molecule has 1 unspecified atom stereocenters. The van der Waals surface area contributed by atoms with Crippen LogP contribution in [0.15, 0.2) is 70.0 Å². The van der Waals surface area contributed by atoms with Gasteiger partial charge in [0.2, 0.25) is 0 Å². The van der Waals surface area contributed by atoms with E-state index in [1.165, 1.54) is 0 Å². The molecule has 1 aliphatic heterocycles. The molecule has 6 nitrogen and oxygen atoms in total. The van der Waals surface area contributed by atoms with Crippen LogP contribution >= 0.6 is 0 Å². The summed E-state index contributed by atoms with van der Waals surface area (Å²) in [5.41, 5.74) is 4.68. The summed E-state index contributed by atoms with van der Waals surface area (Å²) in [4.78, 5) is 31.0. The SMILES string of the molecule is CN(CCc1ccccn1)C(=O)c1cccc(CC2N=NC(=O)C3=C2CCCC3)c1. The molecule has 1 aliphatic carbocycles. The van der Waals surface area contributed by atoms with Gasteiger partial charge in [0.15, 0.2) is 0 Å². The number of azo groups is 1.